The van der Waals surface area contributed by atoms with Gasteiger partial charge in [0.15, 0.2) is 0 Å². The van der Waals surface area contributed by atoms with Gasteiger partial charge in [-0.3, -0.25) is 4.68 Å². The highest BCUT2D eigenvalue weighted by Crippen LogP contribution is 2.20. The SMILES string of the molecule is NCc1cn(CCN2CCC(CN3CCCC3)CC2)nn1. The Kier molecular flexibility index (Phi) is 5.22. The van der Waals surface area contributed by atoms with Crippen LogP contribution < -0.4 is 5.73 Å². The molecule has 3 heterocycles. The Hall–Kier alpha value is -0.980. The third-order valence-corrected chi connectivity index (χ3v) is 4.86. The first-order chi connectivity index (χ1) is 10.3. The standard InChI is InChI=1S/C15H28N6/c16-11-15-13-21(18-17-15)10-9-19-7-3-14(4-8-19)12-20-5-1-2-6-20/h13-14H,1-12,16H2. The largest absolute Gasteiger partial charge is 0.325 e. The van der Waals surface area contributed by atoms with Crippen LogP contribution in [0.5, 0.6) is 0 Å². The van der Waals surface area contributed by atoms with Crippen molar-refractivity contribution in [1.82, 2.24) is 24.8 Å². The van der Waals surface area contributed by atoms with Gasteiger partial charge in [-0.15, -0.1) is 5.10 Å². The molecule has 6 heteroatoms. The minimum absolute atomic E-state index is 0.474. The van der Waals surface area contributed by atoms with Gasteiger partial charge in [0.2, 0.25) is 0 Å². The van der Waals surface area contributed by atoms with Gasteiger partial charge in [-0.1, -0.05) is 5.21 Å². The zero-order chi connectivity index (χ0) is 14.5. The molecule has 0 spiro atoms. The molecule has 2 N–H and O–H groups in total. The van der Waals surface area contributed by atoms with Crippen molar-refractivity contribution >= 4 is 0 Å². The molecule has 0 saturated carbocycles. The number of piperidine rings is 1. The molecule has 2 saturated heterocycles. The van der Waals surface area contributed by atoms with Gasteiger partial charge in [-0.25, -0.2) is 0 Å². The molecule has 0 bridgehead atoms. The smallest absolute Gasteiger partial charge is 0.0962 e. The number of likely N-dealkylation sites (tertiary alicyclic amines) is 2. The fourth-order valence-electron chi connectivity index (χ4n) is 3.51. The Morgan fingerprint density at radius 1 is 1.05 bits per heavy atom. The second kappa shape index (κ2) is 7.33. The molecule has 3 rings (SSSR count). The van der Waals surface area contributed by atoms with E-state index in [4.69, 9.17) is 5.73 Å². The van der Waals surface area contributed by atoms with E-state index < -0.39 is 0 Å². The van der Waals surface area contributed by atoms with E-state index in [1.807, 2.05) is 10.9 Å². The van der Waals surface area contributed by atoms with Crippen molar-refractivity contribution in [3.63, 3.8) is 0 Å². The molecule has 2 aliphatic rings. The van der Waals surface area contributed by atoms with E-state index >= 15 is 0 Å². The fourth-order valence-corrected chi connectivity index (χ4v) is 3.51. The normalized spacial score (nSPS) is 22.1. The van der Waals surface area contributed by atoms with Gasteiger partial charge in [0, 0.05) is 25.8 Å². The van der Waals surface area contributed by atoms with Crippen molar-refractivity contribution in [2.75, 3.05) is 39.3 Å². The molecule has 0 radical (unpaired) electrons. The lowest BCUT2D eigenvalue weighted by Crippen LogP contribution is -2.39. The number of nitrogens with zero attached hydrogens (tertiary/aromatic N) is 5. The third-order valence-electron chi connectivity index (χ3n) is 4.86. The van der Waals surface area contributed by atoms with Crippen molar-refractivity contribution < 1.29 is 0 Å². The summed E-state index contributed by atoms with van der Waals surface area (Å²) in [6.45, 7) is 8.92. The second-order valence-electron chi connectivity index (χ2n) is 6.47. The summed E-state index contributed by atoms with van der Waals surface area (Å²) in [4.78, 5) is 5.22. The Labute approximate surface area is 127 Å². The molecule has 2 fully saturated rings. The summed E-state index contributed by atoms with van der Waals surface area (Å²) in [7, 11) is 0. The number of nitrogens with two attached hydrogens (primary N) is 1. The highest BCUT2D eigenvalue weighted by molar-refractivity contribution is 4.90. The molecule has 6 nitrogen and oxygen atoms in total. The zero-order valence-electron chi connectivity index (χ0n) is 13.0. The lowest BCUT2D eigenvalue weighted by molar-refractivity contribution is 0.149. The van der Waals surface area contributed by atoms with E-state index in [-0.39, 0.29) is 0 Å². The molecule has 1 aromatic rings. The van der Waals surface area contributed by atoms with Crippen LogP contribution in [0.3, 0.4) is 0 Å². The highest BCUT2D eigenvalue weighted by Gasteiger charge is 2.22. The van der Waals surface area contributed by atoms with Crippen molar-refractivity contribution in [2.24, 2.45) is 11.7 Å². The summed E-state index contributed by atoms with van der Waals surface area (Å²) in [6, 6.07) is 0. The summed E-state index contributed by atoms with van der Waals surface area (Å²) in [5.74, 6) is 0.912. The summed E-state index contributed by atoms with van der Waals surface area (Å²) >= 11 is 0. The molecule has 21 heavy (non-hydrogen) atoms. The average Bonchev–Trinajstić information content (AvgIpc) is 3.18. The molecule has 2 aliphatic heterocycles. The van der Waals surface area contributed by atoms with Crippen molar-refractivity contribution in [2.45, 2.75) is 38.8 Å². The number of rotatable bonds is 6. The summed E-state index contributed by atoms with van der Waals surface area (Å²) in [5, 5.41) is 8.14. The first-order valence-electron chi connectivity index (χ1n) is 8.37. The molecule has 0 aliphatic carbocycles. The third kappa shape index (κ3) is 4.25. The molecular formula is C15H28N6. The minimum atomic E-state index is 0.474. The van der Waals surface area contributed by atoms with Gasteiger partial charge < -0.3 is 15.5 Å². The Balaban J connectivity index is 1.35. The Bertz CT molecular complexity index is 418. The van der Waals surface area contributed by atoms with E-state index in [1.54, 1.807) is 0 Å². The first kappa shape index (κ1) is 14.9. The predicted octanol–water partition coefficient (Wildman–Crippen LogP) is 0.545. The number of aromatic nitrogens is 3. The van der Waals surface area contributed by atoms with Gasteiger partial charge >= 0.3 is 0 Å². The molecule has 0 amide bonds. The topological polar surface area (TPSA) is 63.2 Å². The van der Waals surface area contributed by atoms with Crippen LogP contribution in [-0.2, 0) is 13.1 Å². The molecule has 118 valence electrons. The zero-order valence-corrected chi connectivity index (χ0v) is 13.0. The maximum Gasteiger partial charge on any atom is 0.0962 e. The first-order valence-corrected chi connectivity index (χ1v) is 8.37. The predicted molar refractivity (Wildman–Crippen MR) is 82.8 cm³/mol. The number of hydrogen-bond acceptors (Lipinski definition) is 5. The Morgan fingerprint density at radius 2 is 1.81 bits per heavy atom. The lowest BCUT2D eigenvalue weighted by Gasteiger charge is -2.33. The van der Waals surface area contributed by atoms with Crippen LogP contribution in [0.2, 0.25) is 0 Å². The second-order valence-corrected chi connectivity index (χ2v) is 6.47. The van der Waals surface area contributed by atoms with Crippen LogP contribution in [0.4, 0.5) is 0 Å². The van der Waals surface area contributed by atoms with Crippen LogP contribution >= 0.6 is 0 Å². The van der Waals surface area contributed by atoms with Crippen molar-refractivity contribution in [3.8, 4) is 0 Å². The van der Waals surface area contributed by atoms with E-state index in [0.29, 0.717) is 6.54 Å². The maximum atomic E-state index is 5.55. The average molecular weight is 292 g/mol. The maximum absolute atomic E-state index is 5.55. The van der Waals surface area contributed by atoms with Crippen LogP contribution in [-0.4, -0.2) is 64.1 Å². The lowest BCUT2D eigenvalue weighted by atomic mass is 9.96. The van der Waals surface area contributed by atoms with Crippen LogP contribution in [0, 0.1) is 5.92 Å². The minimum Gasteiger partial charge on any atom is -0.325 e. The van der Waals surface area contributed by atoms with E-state index in [1.165, 1.54) is 58.4 Å². The van der Waals surface area contributed by atoms with Gasteiger partial charge in [-0.05, 0) is 57.8 Å². The monoisotopic (exact) mass is 292 g/mol. The summed E-state index contributed by atoms with van der Waals surface area (Å²) < 4.78 is 1.92. The molecule has 0 unspecified atom stereocenters. The fraction of sp³-hybridized carbons (Fsp3) is 0.867. The van der Waals surface area contributed by atoms with Crippen LogP contribution in [0.1, 0.15) is 31.4 Å². The van der Waals surface area contributed by atoms with Gasteiger partial charge in [0.1, 0.15) is 0 Å². The van der Waals surface area contributed by atoms with Gasteiger partial charge in [0.05, 0.1) is 12.2 Å². The van der Waals surface area contributed by atoms with Crippen molar-refractivity contribution in [3.05, 3.63) is 11.9 Å². The van der Waals surface area contributed by atoms with Crippen LogP contribution in [0.25, 0.3) is 0 Å². The highest BCUT2D eigenvalue weighted by atomic mass is 15.4. The summed E-state index contributed by atoms with van der Waals surface area (Å²) in [5.41, 5.74) is 6.43. The van der Waals surface area contributed by atoms with E-state index in [0.717, 1.165) is 24.7 Å². The van der Waals surface area contributed by atoms with Gasteiger partial charge in [0.25, 0.3) is 0 Å². The van der Waals surface area contributed by atoms with Crippen molar-refractivity contribution in [1.29, 1.82) is 0 Å². The quantitative estimate of drug-likeness (QED) is 0.829. The van der Waals surface area contributed by atoms with Gasteiger partial charge in [-0.2, -0.15) is 0 Å². The molecule has 0 aromatic carbocycles. The van der Waals surface area contributed by atoms with E-state index in [2.05, 4.69) is 20.1 Å². The summed E-state index contributed by atoms with van der Waals surface area (Å²) in [6.07, 6.45) is 7.47. The Morgan fingerprint density at radius 3 is 2.48 bits per heavy atom. The molecule has 0 atom stereocenters. The molecular weight excluding hydrogens is 264 g/mol. The van der Waals surface area contributed by atoms with Crippen LogP contribution in [0.15, 0.2) is 6.20 Å². The molecule has 1 aromatic heterocycles. The van der Waals surface area contributed by atoms with E-state index in [9.17, 15) is 0 Å². The number of hydrogen-bond donors (Lipinski definition) is 1.